The van der Waals surface area contributed by atoms with Crippen molar-refractivity contribution in [1.29, 1.82) is 0 Å². The third-order valence-electron chi connectivity index (χ3n) is 3.45. The molecule has 0 spiro atoms. The van der Waals surface area contributed by atoms with E-state index in [1.54, 1.807) is 35.6 Å². The van der Waals surface area contributed by atoms with Crippen molar-refractivity contribution >= 4 is 26.4 Å². The lowest BCUT2D eigenvalue weighted by Gasteiger charge is -2.09. The zero-order valence-corrected chi connectivity index (χ0v) is 14.4. The summed E-state index contributed by atoms with van der Waals surface area (Å²) in [6.07, 6.45) is 0.923. The molecule has 3 nitrogen and oxygen atoms in total. The van der Waals surface area contributed by atoms with E-state index in [4.69, 9.17) is 0 Å². The van der Waals surface area contributed by atoms with Crippen LogP contribution in [0.25, 0.3) is 0 Å². The Kier molecular flexibility index (Phi) is 4.74. The third-order valence-corrected chi connectivity index (χ3v) is 6.31. The number of rotatable bonds is 5. The number of nitrogens with one attached hydrogen (secondary N) is 1. The van der Waals surface area contributed by atoms with E-state index in [9.17, 15) is 8.42 Å². The van der Waals surface area contributed by atoms with Crippen LogP contribution < -0.4 is 4.72 Å². The second-order valence-corrected chi connectivity index (χ2v) is 8.11. The van der Waals surface area contributed by atoms with Gasteiger partial charge in [0.2, 0.25) is 0 Å². The normalized spacial score (nSPS) is 11.9. The molecular formula is C16H21NO2S2. The lowest BCUT2D eigenvalue weighted by molar-refractivity contribution is 0.601. The van der Waals surface area contributed by atoms with E-state index in [2.05, 4.69) is 25.5 Å². The highest BCUT2D eigenvalue weighted by molar-refractivity contribution is 7.93. The Morgan fingerprint density at radius 1 is 1.19 bits per heavy atom. The number of hydrogen-bond acceptors (Lipinski definition) is 3. The molecule has 114 valence electrons. The highest BCUT2D eigenvalue weighted by Gasteiger charge is 2.21. The van der Waals surface area contributed by atoms with Gasteiger partial charge < -0.3 is 0 Å². The Hall–Kier alpha value is -1.33. The Bertz CT molecular complexity index is 716. The monoisotopic (exact) mass is 323 g/mol. The lowest BCUT2D eigenvalue weighted by atomic mass is 9.99. The van der Waals surface area contributed by atoms with Gasteiger partial charge in [-0.15, -0.1) is 11.3 Å². The van der Waals surface area contributed by atoms with Crippen LogP contribution in [-0.4, -0.2) is 8.42 Å². The van der Waals surface area contributed by atoms with Crippen LogP contribution in [-0.2, 0) is 16.4 Å². The number of benzene rings is 1. The maximum Gasteiger partial charge on any atom is 0.262 e. The first-order valence-corrected chi connectivity index (χ1v) is 9.36. The smallest absolute Gasteiger partial charge is 0.262 e. The van der Waals surface area contributed by atoms with E-state index in [0.717, 1.165) is 17.0 Å². The van der Waals surface area contributed by atoms with Gasteiger partial charge in [0, 0.05) is 4.88 Å². The van der Waals surface area contributed by atoms with Gasteiger partial charge in [0.15, 0.2) is 0 Å². The predicted octanol–water partition coefficient (Wildman–Crippen LogP) is 4.54. The van der Waals surface area contributed by atoms with Gasteiger partial charge in [-0.25, -0.2) is 8.42 Å². The van der Waals surface area contributed by atoms with Gasteiger partial charge in [0.1, 0.15) is 5.00 Å². The number of anilines is 1. The second-order valence-electron chi connectivity index (χ2n) is 5.32. The largest absolute Gasteiger partial charge is 0.270 e. The maximum atomic E-state index is 12.4. The van der Waals surface area contributed by atoms with E-state index in [1.807, 2.05) is 13.0 Å². The molecular weight excluding hydrogens is 302 g/mol. The summed E-state index contributed by atoms with van der Waals surface area (Å²) < 4.78 is 27.6. The molecule has 5 heteroatoms. The quantitative estimate of drug-likeness (QED) is 0.878. The van der Waals surface area contributed by atoms with Gasteiger partial charge in [0.25, 0.3) is 10.0 Å². The van der Waals surface area contributed by atoms with Gasteiger partial charge in [0.05, 0.1) is 4.90 Å². The van der Waals surface area contributed by atoms with Crippen LogP contribution in [0.1, 0.15) is 42.7 Å². The van der Waals surface area contributed by atoms with Gasteiger partial charge in [-0.1, -0.05) is 39.0 Å². The van der Waals surface area contributed by atoms with Gasteiger partial charge in [-0.05, 0) is 42.5 Å². The van der Waals surface area contributed by atoms with Crippen LogP contribution in [0.15, 0.2) is 35.2 Å². The number of thiophene rings is 1. The van der Waals surface area contributed by atoms with Crippen molar-refractivity contribution in [2.45, 2.75) is 44.9 Å². The summed E-state index contributed by atoms with van der Waals surface area (Å²) in [5, 5.41) is 0.736. The minimum atomic E-state index is -3.51. The number of sulfonamides is 1. The molecule has 0 saturated carbocycles. The summed E-state index contributed by atoms with van der Waals surface area (Å²) >= 11 is 1.55. The molecule has 1 heterocycles. The molecule has 0 fully saturated rings. The Labute approximate surface area is 131 Å². The van der Waals surface area contributed by atoms with E-state index in [-0.39, 0.29) is 0 Å². The van der Waals surface area contributed by atoms with E-state index in [1.165, 1.54) is 10.4 Å². The molecule has 2 aromatic rings. The summed E-state index contributed by atoms with van der Waals surface area (Å²) in [5.41, 5.74) is 2.32. The molecule has 0 amide bonds. The Balaban J connectivity index is 2.41. The van der Waals surface area contributed by atoms with Crippen LogP contribution in [0.5, 0.6) is 0 Å². The van der Waals surface area contributed by atoms with Crippen LogP contribution in [0.4, 0.5) is 5.00 Å². The molecule has 1 N–H and O–H groups in total. The topological polar surface area (TPSA) is 46.2 Å². The van der Waals surface area contributed by atoms with Crippen molar-refractivity contribution in [2.75, 3.05) is 4.72 Å². The molecule has 1 aromatic heterocycles. The minimum absolute atomic E-state index is 0.293. The maximum absolute atomic E-state index is 12.4. The summed E-state index contributed by atoms with van der Waals surface area (Å²) in [7, 11) is -3.51. The SMILES string of the molecule is CCc1sc(NS(=O)(=O)c2ccccc2)c(C)c1C(C)C. The average molecular weight is 323 g/mol. The van der Waals surface area contributed by atoms with Crippen molar-refractivity contribution in [1.82, 2.24) is 0 Å². The van der Waals surface area contributed by atoms with Gasteiger partial charge in [-0.2, -0.15) is 0 Å². The molecule has 0 atom stereocenters. The van der Waals surface area contributed by atoms with Crippen LogP contribution >= 0.6 is 11.3 Å². The van der Waals surface area contributed by atoms with Gasteiger partial charge in [-0.3, -0.25) is 4.72 Å². The Morgan fingerprint density at radius 3 is 2.29 bits per heavy atom. The minimum Gasteiger partial charge on any atom is -0.270 e. The van der Waals surface area contributed by atoms with E-state index in [0.29, 0.717) is 10.8 Å². The van der Waals surface area contributed by atoms with Crippen LogP contribution in [0, 0.1) is 6.92 Å². The summed E-state index contributed by atoms with van der Waals surface area (Å²) in [6.45, 7) is 8.38. The standard InChI is InChI=1S/C16H21NO2S2/c1-5-14-15(11(2)3)12(4)16(20-14)17-21(18,19)13-9-7-6-8-10-13/h6-11,17H,5H2,1-4H3. The van der Waals surface area contributed by atoms with E-state index >= 15 is 0 Å². The van der Waals surface area contributed by atoms with Crippen molar-refractivity contribution in [2.24, 2.45) is 0 Å². The van der Waals surface area contributed by atoms with Crippen LogP contribution in [0.2, 0.25) is 0 Å². The molecule has 0 aliphatic carbocycles. The highest BCUT2D eigenvalue weighted by Crippen LogP contribution is 2.38. The van der Waals surface area contributed by atoms with Gasteiger partial charge >= 0.3 is 0 Å². The second kappa shape index (κ2) is 6.20. The first-order valence-electron chi connectivity index (χ1n) is 7.06. The summed E-state index contributed by atoms with van der Waals surface area (Å²) in [6, 6.07) is 8.48. The predicted molar refractivity (Wildman–Crippen MR) is 89.8 cm³/mol. The molecule has 0 saturated heterocycles. The van der Waals surface area contributed by atoms with E-state index < -0.39 is 10.0 Å². The highest BCUT2D eigenvalue weighted by atomic mass is 32.2. The molecule has 21 heavy (non-hydrogen) atoms. The molecule has 0 aliphatic heterocycles. The fourth-order valence-corrected chi connectivity index (χ4v) is 5.16. The molecule has 0 bridgehead atoms. The molecule has 0 aliphatic rings. The first kappa shape index (κ1) is 16.0. The summed E-state index contributed by atoms with van der Waals surface area (Å²) in [4.78, 5) is 1.55. The lowest BCUT2D eigenvalue weighted by Crippen LogP contribution is -2.12. The van der Waals surface area contributed by atoms with Crippen molar-refractivity contribution in [3.8, 4) is 0 Å². The Morgan fingerprint density at radius 2 is 1.81 bits per heavy atom. The third kappa shape index (κ3) is 3.30. The molecule has 0 unspecified atom stereocenters. The number of hydrogen-bond donors (Lipinski definition) is 1. The molecule has 0 radical (unpaired) electrons. The number of aryl methyl sites for hydroxylation is 1. The van der Waals surface area contributed by atoms with Crippen molar-refractivity contribution in [3.63, 3.8) is 0 Å². The first-order chi connectivity index (χ1) is 9.86. The zero-order valence-electron chi connectivity index (χ0n) is 12.8. The fraction of sp³-hybridized carbons (Fsp3) is 0.375. The van der Waals surface area contributed by atoms with Crippen molar-refractivity contribution in [3.05, 3.63) is 46.3 Å². The average Bonchev–Trinajstić information content (AvgIpc) is 2.76. The molecule has 1 aromatic carbocycles. The molecule has 2 rings (SSSR count). The van der Waals surface area contributed by atoms with Crippen LogP contribution in [0.3, 0.4) is 0 Å². The van der Waals surface area contributed by atoms with Crippen molar-refractivity contribution < 1.29 is 8.42 Å². The zero-order chi connectivity index (χ0) is 15.6. The fourth-order valence-electron chi connectivity index (χ4n) is 2.48. The summed E-state index contributed by atoms with van der Waals surface area (Å²) in [5.74, 6) is 0.395.